The zero-order chi connectivity index (χ0) is 7.68. The molecule has 2 atom stereocenters. The predicted molar refractivity (Wildman–Crippen MR) is 53.6 cm³/mol. The summed E-state index contributed by atoms with van der Waals surface area (Å²) in [6.45, 7) is 3.45. The zero-order valence-electron chi connectivity index (χ0n) is 7.16. The van der Waals surface area contributed by atoms with E-state index in [9.17, 15) is 0 Å². The number of hydrogen-bond acceptors (Lipinski definition) is 1. The van der Waals surface area contributed by atoms with Crippen LogP contribution in [0.15, 0.2) is 30.3 Å². The van der Waals surface area contributed by atoms with Crippen LogP contribution in [0.5, 0.6) is 0 Å². The molecular weight excluding hydrogens is 170 g/mol. The number of hydrogen-bond donors (Lipinski definition) is 1. The summed E-state index contributed by atoms with van der Waals surface area (Å²) in [7, 11) is 0. The molecular formula is C10H14ClN. The maximum Gasteiger partial charge on any atom is 0.0358 e. The lowest BCUT2D eigenvalue weighted by molar-refractivity contribution is 0.258. The highest BCUT2D eigenvalue weighted by Crippen LogP contribution is 2.27. The summed E-state index contributed by atoms with van der Waals surface area (Å²) in [5, 5.41) is 3.41. The normalized spacial score (nSPS) is 27.1. The molecule has 0 amide bonds. The van der Waals surface area contributed by atoms with Crippen molar-refractivity contribution in [3.8, 4) is 0 Å². The van der Waals surface area contributed by atoms with Crippen LogP contribution in [0.2, 0.25) is 0 Å². The molecule has 2 heteroatoms. The van der Waals surface area contributed by atoms with Gasteiger partial charge in [0, 0.05) is 12.6 Å². The largest absolute Gasteiger partial charge is 0.309 e. The Balaban J connectivity index is 0.000000720. The fraction of sp³-hybridized carbons (Fsp3) is 0.400. The van der Waals surface area contributed by atoms with Gasteiger partial charge < -0.3 is 5.32 Å². The van der Waals surface area contributed by atoms with Gasteiger partial charge in [-0.3, -0.25) is 0 Å². The van der Waals surface area contributed by atoms with Gasteiger partial charge in [-0.05, 0) is 11.5 Å². The number of nitrogens with one attached hydrogen (secondary N) is 1. The lowest BCUT2D eigenvalue weighted by Gasteiger charge is -2.35. The maximum absolute atomic E-state index is 3.41. The van der Waals surface area contributed by atoms with Crippen molar-refractivity contribution in [1.29, 1.82) is 0 Å². The van der Waals surface area contributed by atoms with Crippen LogP contribution in [0.1, 0.15) is 18.5 Å². The molecule has 1 saturated heterocycles. The van der Waals surface area contributed by atoms with E-state index >= 15 is 0 Å². The number of rotatable bonds is 1. The van der Waals surface area contributed by atoms with Crippen LogP contribution in [0.25, 0.3) is 0 Å². The van der Waals surface area contributed by atoms with Crippen molar-refractivity contribution in [2.24, 2.45) is 5.92 Å². The molecule has 1 aliphatic heterocycles. The molecule has 1 N–H and O–H groups in total. The van der Waals surface area contributed by atoms with Crippen molar-refractivity contribution in [3.63, 3.8) is 0 Å². The van der Waals surface area contributed by atoms with E-state index in [-0.39, 0.29) is 12.4 Å². The highest BCUT2D eigenvalue weighted by Gasteiger charge is 2.26. The van der Waals surface area contributed by atoms with Gasteiger partial charge in [-0.2, -0.15) is 0 Å². The van der Waals surface area contributed by atoms with Crippen LogP contribution in [-0.2, 0) is 0 Å². The van der Waals surface area contributed by atoms with Crippen LogP contribution in [0.3, 0.4) is 0 Å². The Hall–Kier alpha value is -0.530. The summed E-state index contributed by atoms with van der Waals surface area (Å²) in [5.41, 5.74) is 1.42. The van der Waals surface area contributed by atoms with E-state index in [1.54, 1.807) is 0 Å². The average Bonchev–Trinajstić information content (AvgIpc) is 2.04. The summed E-state index contributed by atoms with van der Waals surface area (Å²) in [4.78, 5) is 0. The van der Waals surface area contributed by atoms with E-state index in [4.69, 9.17) is 0 Å². The van der Waals surface area contributed by atoms with Crippen molar-refractivity contribution >= 4 is 12.4 Å². The lowest BCUT2D eigenvalue weighted by atomic mass is 9.88. The molecule has 0 spiro atoms. The fourth-order valence-corrected chi connectivity index (χ4v) is 1.58. The van der Waals surface area contributed by atoms with E-state index in [0.717, 1.165) is 5.92 Å². The first-order valence-corrected chi connectivity index (χ1v) is 4.16. The van der Waals surface area contributed by atoms with E-state index in [2.05, 4.69) is 42.6 Å². The van der Waals surface area contributed by atoms with Crippen LogP contribution in [-0.4, -0.2) is 6.54 Å². The fourth-order valence-electron chi connectivity index (χ4n) is 1.58. The van der Waals surface area contributed by atoms with Gasteiger partial charge in [0.15, 0.2) is 0 Å². The summed E-state index contributed by atoms with van der Waals surface area (Å²) in [6, 6.07) is 11.2. The lowest BCUT2D eigenvalue weighted by Crippen LogP contribution is -2.43. The SMILES string of the molecule is C[C@@H]1CN[C@H]1c1ccccc1.Cl. The Morgan fingerprint density at radius 3 is 2.33 bits per heavy atom. The molecule has 0 bridgehead atoms. The smallest absolute Gasteiger partial charge is 0.0358 e. The Labute approximate surface area is 79.6 Å². The highest BCUT2D eigenvalue weighted by atomic mass is 35.5. The minimum atomic E-state index is 0. The second-order valence-electron chi connectivity index (χ2n) is 3.27. The predicted octanol–water partition coefficient (Wildman–Crippen LogP) is 2.39. The zero-order valence-corrected chi connectivity index (χ0v) is 7.97. The summed E-state index contributed by atoms with van der Waals surface area (Å²) in [5.74, 6) is 0.803. The van der Waals surface area contributed by atoms with Gasteiger partial charge in [0.1, 0.15) is 0 Å². The topological polar surface area (TPSA) is 12.0 Å². The van der Waals surface area contributed by atoms with Gasteiger partial charge in [0.2, 0.25) is 0 Å². The van der Waals surface area contributed by atoms with E-state index in [0.29, 0.717) is 6.04 Å². The summed E-state index contributed by atoms with van der Waals surface area (Å²) >= 11 is 0. The molecule has 1 heterocycles. The second-order valence-corrected chi connectivity index (χ2v) is 3.27. The Morgan fingerprint density at radius 2 is 1.92 bits per heavy atom. The monoisotopic (exact) mass is 183 g/mol. The Morgan fingerprint density at radius 1 is 1.25 bits per heavy atom. The van der Waals surface area contributed by atoms with Crippen molar-refractivity contribution in [3.05, 3.63) is 35.9 Å². The number of halogens is 1. The minimum absolute atomic E-state index is 0. The number of benzene rings is 1. The molecule has 0 saturated carbocycles. The summed E-state index contributed by atoms with van der Waals surface area (Å²) in [6.07, 6.45) is 0. The van der Waals surface area contributed by atoms with E-state index in [1.807, 2.05) is 0 Å². The molecule has 1 aliphatic rings. The van der Waals surface area contributed by atoms with Gasteiger partial charge in [-0.15, -0.1) is 12.4 Å². The van der Waals surface area contributed by atoms with Gasteiger partial charge in [-0.1, -0.05) is 37.3 Å². The van der Waals surface area contributed by atoms with E-state index in [1.165, 1.54) is 12.1 Å². The Bertz CT molecular complexity index is 235. The van der Waals surface area contributed by atoms with E-state index < -0.39 is 0 Å². The van der Waals surface area contributed by atoms with Crippen LogP contribution < -0.4 is 5.32 Å². The highest BCUT2D eigenvalue weighted by molar-refractivity contribution is 5.85. The first-order valence-electron chi connectivity index (χ1n) is 4.16. The molecule has 0 unspecified atom stereocenters. The van der Waals surface area contributed by atoms with Crippen molar-refractivity contribution < 1.29 is 0 Å². The van der Waals surface area contributed by atoms with Crippen LogP contribution in [0, 0.1) is 5.92 Å². The first kappa shape index (κ1) is 9.56. The molecule has 0 aliphatic carbocycles. The van der Waals surface area contributed by atoms with Crippen molar-refractivity contribution in [2.45, 2.75) is 13.0 Å². The molecule has 1 fully saturated rings. The first-order chi connectivity index (χ1) is 5.38. The van der Waals surface area contributed by atoms with Gasteiger partial charge in [-0.25, -0.2) is 0 Å². The standard InChI is InChI=1S/C10H13N.ClH/c1-8-7-11-10(8)9-5-3-2-4-6-9;/h2-6,8,10-11H,7H2,1H3;1H/t8-,10-;/m1./s1. The van der Waals surface area contributed by atoms with Crippen molar-refractivity contribution in [2.75, 3.05) is 6.54 Å². The van der Waals surface area contributed by atoms with Gasteiger partial charge in [0.25, 0.3) is 0 Å². The third-order valence-corrected chi connectivity index (χ3v) is 2.39. The molecule has 0 radical (unpaired) electrons. The van der Waals surface area contributed by atoms with Crippen LogP contribution in [0.4, 0.5) is 0 Å². The molecule has 12 heavy (non-hydrogen) atoms. The molecule has 1 nitrogen and oxygen atoms in total. The Kier molecular flexibility index (Phi) is 3.12. The van der Waals surface area contributed by atoms with Gasteiger partial charge >= 0.3 is 0 Å². The average molecular weight is 184 g/mol. The third kappa shape index (κ3) is 1.62. The molecule has 2 rings (SSSR count). The van der Waals surface area contributed by atoms with Crippen molar-refractivity contribution in [1.82, 2.24) is 5.32 Å². The molecule has 66 valence electrons. The molecule has 0 aromatic heterocycles. The minimum Gasteiger partial charge on any atom is -0.309 e. The maximum atomic E-state index is 3.41. The second kappa shape index (κ2) is 3.92. The quantitative estimate of drug-likeness (QED) is 0.705. The third-order valence-electron chi connectivity index (χ3n) is 2.39. The van der Waals surface area contributed by atoms with Gasteiger partial charge in [0.05, 0.1) is 0 Å². The van der Waals surface area contributed by atoms with Crippen LogP contribution >= 0.6 is 12.4 Å². The summed E-state index contributed by atoms with van der Waals surface area (Å²) < 4.78 is 0. The molecule has 1 aromatic carbocycles. The molecule has 1 aromatic rings.